The van der Waals surface area contributed by atoms with Gasteiger partial charge in [0.05, 0.1) is 22.4 Å². The molecule has 2 aliphatic carbocycles. The molecule has 0 N–H and O–H groups in total. The van der Waals surface area contributed by atoms with Crippen LogP contribution >= 0.6 is 15.9 Å². The van der Waals surface area contributed by atoms with Crippen molar-refractivity contribution in [3.05, 3.63) is 247 Å². The Morgan fingerprint density at radius 2 is 0.655 bits per heavy atom. The number of fused-ring (bicyclic) bond motifs is 6. The van der Waals surface area contributed by atoms with E-state index in [4.69, 9.17) is 18.6 Å². The second kappa shape index (κ2) is 27.9. The Morgan fingerprint density at radius 1 is 0.310 bits per heavy atom. The number of Topliss-reactive ketones (excluding diaryl/α,β-unsaturated/α-hetero) is 1. The van der Waals surface area contributed by atoms with Crippen LogP contribution in [-0.4, -0.2) is 42.4 Å². The molecule has 5 nitrogen and oxygen atoms in total. The lowest BCUT2D eigenvalue weighted by molar-refractivity contribution is -0.108. The molecule has 0 radical (unpaired) electrons. The maximum absolute atomic E-state index is 15.2. The van der Waals surface area contributed by atoms with Gasteiger partial charge in [-0.15, -0.1) is 0 Å². The lowest BCUT2D eigenvalue weighted by Gasteiger charge is -2.32. The number of allylic oxidation sites excluding steroid dienone is 4. The zero-order valence-electron chi connectivity index (χ0n) is 73.5. The molecular formula is C105H121B2BrO5. The summed E-state index contributed by atoms with van der Waals surface area (Å²) in [6.07, 6.45) is 0. The van der Waals surface area contributed by atoms with Gasteiger partial charge in [0, 0.05) is 26.8 Å². The van der Waals surface area contributed by atoms with E-state index in [2.05, 4.69) is 400 Å². The van der Waals surface area contributed by atoms with E-state index >= 15 is 4.79 Å². The quantitative estimate of drug-likeness (QED) is 0.0904. The second-order valence-electron chi connectivity index (χ2n) is 41.9. The first-order chi connectivity index (χ1) is 52.3. The van der Waals surface area contributed by atoms with Gasteiger partial charge in [0.2, 0.25) is 0 Å². The van der Waals surface area contributed by atoms with Gasteiger partial charge in [-0.25, -0.2) is 0 Å². The summed E-state index contributed by atoms with van der Waals surface area (Å²) in [7, 11) is -0.744. The fraction of sp³-hybridized carbons (Fsp3) is 0.400. The largest absolute Gasteiger partial charge is 0.495 e. The van der Waals surface area contributed by atoms with Crippen LogP contribution in [0.4, 0.5) is 0 Å². The molecule has 12 aromatic carbocycles. The van der Waals surface area contributed by atoms with Crippen molar-refractivity contribution in [2.45, 2.75) is 274 Å². The number of hydrogen-bond donors (Lipinski definition) is 0. The van der Waals surface area contributed by atoms with Gasteiger partial charge in [-0.3, -0.25) is 4.79 Å². The van der Waals surface area contributed by atoms with E-state index in [1.807, 2.05) is 0 Å². The SMILES string of the molecule is CC(C)(C)c1cc(C2=C3C(=C(c4cc(C(C)(C)C)cc(C(C)(C)C)c4)C2=O)c2ccc(Br)c4cccc3c24)cc(C(C)(C)C)c1.CC(C)(C)c1ccc2c(B3OC(C)(C)C(C)(C)O3)cc(C(C)(C)C)cc2c1.CC(C)c1cccc(C(C)C)c1-c1ccc2c3ccc(B4OC(C)(C)C(C)(C)O4)c4cccc(c5cccc1c52)c43. The predicted octanol–water partition coefficient (Wildman–Crippen LogP) is 27.9. The molecule has 2 aliphatic heterocycles. The van der Waals surface area contributed by atoms with Crippen molar-refractivity contribution >= 4 is 134 Å². The van der Waals surface area contributed by atoms with E-state index in [1.54, 1.807) is 0 Å². The van der Waals surface area contributed by atoms with Gasteiger partial charge in [0.1, 0.15) is 0 Å². The van der Waals surface area contributed by atoms with Crippen molar-refractivity contribution in [1.82, 2.24) is 0 Å². The first-order valence-electron chi connectivity index (χ1n) is 41.4. The molecule has 2 heterocycles. The van der Waals surface area contributed by atoms with E-state index in [0.717, 1.165) is 59.9 Å². The van der Waals surface area contributed by atoms with Crippen LogP contribution in [0.2, 0.25) is 0 Å². The van der Waals surface area contributed by atoms with Crippen molar-refractivity contribution in [2.24, 2.45) is 0 Å². The second-order valence-corrected chi connectivity index (χ2v) is 42.7. The molecule has 16 rings (SSSR count). The fourth-order valence-electron chi connectivity index (χ4n) is 17.2. The molecule has 0 aromatic heterocycles. The predicted molar refractivity (Wildman–Crippen MR) is 492 cm³/mol. The number of carbonyl (C=O) groups is 1. The Kier molecular flexibility index (Phi) is 20.1. The summed E-state index contributed by atoms with van der Waals surface area (Å²) in [5, 5.41) is 15.2. The van der Waals surface area contributed by atoms with Crippen LogP contribution in [0.25, 0.3) is 98.1 Å². The van der Waals surface area contributed by atoms with E-state index in [-0.39, 0.29) is 67.8 Å². The highest BCUT2D eigenvalue weighted by molar-refractivity contribution is 9.10. The molecule has 4 aliphatic rings. The standard InChI is InChI=1S/C43H47BrO.C38H39BO2.C24H35BO2/c1-40(2,3)26-18-24(19-27(22-26)41(4,5)6)34-37-31-15-13-14-30-33(44)17-16-32(36(30)31)38(37)35(39(34)45)25-20-28(42(7,8)9)23-29(21-25)43(10,11)12;1-22(2)24-12-9-13-25(23(3)4)34(24)29-18-19-30-31-20-21-33(39-40-37(5,6)38(7,8)41-39)32-17-11-16-27(36(31)32)26-14-10-15-28(29)35(26)30;1-21(2,3)17-11-12-19-16(13-17)14-18(22(4,5)6)15-20(19)25-26-23(7,8)24(9,10)27-25/h13-23H,1-12H3;9-23H,1-8H3;11-15H,1-10H3. The summed E-state index contributed by atoms with van der Waals surface area (Å²) in [6, 6.07) is 65.8. The van der Waals surface area contributed by atoms with Crippen LogP contribution in [0.5, 0.6) is 0 Å². The highest BCUT2D eigenvalue weighted by atomic mass is 79.9. The molecule has 8 heteroatoms. The normalized spacial score (nSPS) is 17.0. The number of rotatable bonds is 7. The van der Waals surface area contributed by atoms with Gasteiger partial charge < -0.3 is 18.6 Å². The minimum absolute atomic E-state index is 0.0598. The highest BCUT2D eigenvalue weighted by Gasteiger charge is 2.54. The summed E-state index contributed by atoms with van der Waals surface area (Å²) in [4.78, 5) is 15.2. The number of ketones is 1. The van der Waals surface area contributed by atoms with Gasteiger partial charge in [-0.05, 0) is 259 Å². The van der Waals surface area contributed by atoms with Crippen LogP contribution in [0, 0.1) is 0 Å². The minimum Gasteiger partial charge on any atom is -0.399 e. The Bertz CT molecular complexity index is 5670. The zero-order chi connectivity index (χ0) is 82.3. The van der Waals surface area contributed by atoms with Crippen LogP contribution in [0.3, 0.4) is 0 Å². The van der Waals surface area contributed by atoms with Crippen molar-refractivity contribution in [3.63, 3.8) is 0 Å². The van der Waals surface area contributed by atoms with Crippen LogP contribution in [0.15, 0.2) is 180 Å². The van der Waals surface area contributed by atoms with Crippen molar-refractivity contribution in [3.8, 4) is 11.1 Å². The number of carbonyl (C=O) groups excluding carboxylic acids is 1. The third-order valence-electron chi connectivity index (χ3n) is 25.7. The van der Waals surface area contributed by atoms with Crippen LogP contribution < -0.4 is 10.9 Å². The molecule has 12 aromatic rings. The van der Waals surface area contributed by atoms with Crippen LogP contribution in [-0.2, 0) is 55.9 Å². The number of hydrogen-bond acceptors (Lipinski definition) is 5. The summed E-state index contributed by atoms with van der Waals surface area (Å²) >= 11 is 3.83. The van der Waals surface area contributed by atoms with Gasteiger partial charge in [0.25, 0.3) is 0 Å². The average Bonchev–Trinajstić information content (AvgIpc) is 1.62. The first kappa shape index (κ1) is 81.6. The number of halogens is 1. The smallest absolute Gasteiger partial charge is 0.399 e. The summed E-state index contributed by atoms with van der Waals surface area (Å²) in [5.74, 6) is 1.01. The first-order valence-corrected chi connectivity index (χ1v) is 42.2. The van der Waals surface area contributed by atoms with Crippen LogP contribution in [0.1, 0.15) is 286 Å². The maximum atomic E-state index is 15.2. The van der Waals surface area contributed by atoms with Crippen molar-refractivity contribution in [2.75, 3.05) is 0 Å². The molecule has 2 saturated heterocycles. The summed E-state index contributed by atoms with van der Waals surface area (Å²) in [5.41, 5.74) is 22.1. The average molecular weight is 1560 g/mol. The fourth-order valence-corrected chi connectivity index (χ4v) is 17.7. The van der Waals surface area contributed by atoms with E-state index in [9.17, 15) is 0 Å². The zero-order valence-corrected chi connectivity index (χ0v) is 75.1. The molecule has 0 bridgehead atoms. The Hall–Kier alpha value is -7.94. The Balaban J connectivity index is 0.000000145. The van der Waals surface area contributed by atoms with Gasteiger partial charge >= 0.3 is 14.2 Å². The topological polar surface area (TPSA) is 54.0 Å². The van der Waals surface area contributed by atoms with Gasteiger partial charge in [-0.2, -0.15) is 0 Å². The molecular weight excluding hydrogens is 1440 g/mol. The molecule has 0 unspecified atom stereocenters. The van der Waals surface area contributed by atoms with Gasteiger partial charge in [-0.1, -0.05) is 338 Å². The molecule has 0 spiro atoms. The number of benzene rings is 12. The monoisotopic (exact) mass is 1560 g/mol. The molecule has 584 valence electrons. The maximum Gasteiger partial charge on any atom is 0.495 e. The Morgan fingerprint density at radius 3 is 1.11 bits per heavy atom. The van der Waals surface area contributed by atoms with E-state index < -0.39 is 7.12 Å². The minimum atomic E-state index is -0.397. The Labute approximate surface area is 685 Å². The molecule has 113 heavy (non-hydrogen) atoms. The highest BCUT2D eigenvalue weighted by Crippen LogP contribution is 2.59. The lowest BCUT2D eigenvalue weighted by atomic mass is 9.72. The molecule has 0 atom stereocenters. The summed E-state index contributed by atoms with van der Waals surface area (Å²) < 4.78 is 26.9. The van der Waals surface area contributed by atoms with Crippen molar-refractivity contribution in [1.29, 1.82) is 0 Å². The third kappa shape index (κ3) is 14.4. The lowest BCUT2D eigenvalue weighted by Crippen LogP contribution is -2.41. The van der Waals surface area contributed by atoms with Crippen molar-refractivity contribution < 1.29 is 23.4 Å². The van der Waals surface area contributed by atoms with E-state index in [1.165, 1.54) is 120 Å². The van der Waals surface area contributed by atoms with Gasteiger partial charge in [0.15, 0.2) is 5.78 Å². The molecule has 2 fully saturated rings. The third-order valence-corrected chi connectivity index (χ3v) is 26.4. The van der Waals surface area contributed by atoms with E-state index in [0.29, 0.717) is 11.8 Å². The summed E-state index contributed by atoms with van der Waals surface area (Å²) in [6.45, 7) is 66.9. The molecule has 0 saturated carbocycles. The molecule has 0 amide bonds.